The molecule has 6 heteroatoms. The van der Waals surface area contributed by atoms with Gasteiger partial charge in [-0.2, -0.15) is 5.10 Å². The number of carbonyl (C=O) groups is 1. The number of ketones is 1. The molecule has 0 saturated heterocycles. The minimum Gasteiger partial charge on any atom is -0.383 e. The van der Waals surface area contributed by atoms with Gasteiger partial charge in [0.1, 0.15) is 11.3 Å². The van der Waals surface area contributed by atoms with Crippen molar-refractivity contribution in [1.29, 1.82) is 0 Å². The van der Waals surface area contributed by atoms with Crippen molar-refractivity contribution >= 4 is 17.4 Å². The summed E-state index contributed by atoms with van der Waals surface area (Å²) in [7, 11) is 3.23. The zero-order valence-corrected chi connectivity index (χ0v) is 13.7. The van der Waals surface area contributed by atoms with Crippen LogP contribution >= 0.6 is 11.6 Å². The molecular weight excluding hydrogens is 292 g/mol. The Morgan fingerprint density at radius 1 is 1.57 bits per heavy atom. The first-order valence-corrected chi connectivity index (χ1v) is 7.72. The lowest BCUT2D eigenvalue weighted by atomic mass is 9.75. The zero-order chi connectivity index (χ0) is 15.5. The van der Waals surface area contributed by atoms with Gasteiger partial charge < -0.3 is 9.47 Å². The van der Waals surface area contributed by atoms with E-state index < -0.39 is 5.60 Å². The second kappa shape index (κ2) is 6.90. The van der Waals surface area contributed by atoms with Crippen molar-refractivity contribution in [2.45, 2.75) is 44.8 Å². The summed E-state index contributed by atoms with van der Waals surface area (Å²) in [6, 6.07) is 0. The average Bonchev–Trinajstić information content (AvgIpc) is 2.85. The van der Waals surface area contributed by atoms with Crippen molar-refractivity contribution in [1.82, 2.24) is 9.78 Å². The van der Waals surface area contributed by atoms with Crippen LogP contribution in [-0.2, 0) is 16.0 Å². The maximum absolute atomic E-state index is 13.1. The lowest BCUT2D eigenvalue weighted by Gasteiger charge is -2.37. The molecule has 0 aromatic carbocycles. The molecular formula is C15H23ClN2O3. The quantitative estimate of drug-likeness (QED) is 0.758. The minimum atomic E-state index is -0.772. The largest absolute Gasteiger partial charge is 0.383 e. The second-order valence-corrected chi connectivity index (χ2v) is 6.19. The molecule has 0 radical (unpaired) electrons. The molecule has 1 aliphatic rings. The zero-order valence-electron chi connectivity index (χ0n) is 12.9. The third-order valence-corrected chi connectivity index (χ3v) is 4.55. The molecule has 1 heterocycles. The van der Waals surface area contributed by atoms with Crippen molar-refractivity contribution in [2.75, 3.05) is 20.8 Å². The number of halogens is 1. The molecule has 21 heavy (non-hydrogen) atoms. The van der Waals surface area contributed by atoms with Gasteiger partial charge in [0.15, 0.2) is 0 Å². The highest BCUT2D eigenvalue weighted by atomic mass is 35.5. The minimum absolute atomic E-state index is 0.0600. The summed E-state index contributed by atoms with van der Waals surface area (Å²) in [4.78, 5) is 13.1. The lowest BCUT2D eigenvalue weighted by Crippen LogP contribution is -2.45. The van der Waals surface area contributed by atoms with Crippen LogP contribution in [0.2, 0.25) is 5.02 Å². The normalized spacial score (nSPS) is 26.0. The molecule has 1 aromatic heterocycles. The van der Waals surface area contributed by atoms with Crippen LogP contribution < -0.4 is 0 Å². The van der Waals surface area contributed by atoms with Gasteiger partial charge in [-0.3, -0.25) is 9.48 Å². The fraction of sp³-hybridized carbons (Fsp3) is 0.733. The van der Waals surface area contributed by atoms with Crippen LogP contribution in [0.1, 0.15) is 43.1 Å². The Balaban J connectivity index is 2.31. The number of hydrogen-bond acceptors (Lipinski definition) is 4. The van der Waals surface area contributed by atoms with Crippen LogP contribution in [0.15, 0.2) is 6.20 Å². The molecule has 0 aliphatic heterocycles. The highest BCUT2D eigenvalue weighted by Crippen LogP contribution is 2.38. The van der Waals surface area contributed by atoms with Crippen molar-refractivity contribution in [2.24, 2.45) is 5.92 Å². The molecule has 0 amide bonds. The van der Waals surface area contributed by atoms with Crippen LogP contribution in [0.5, 0.6) is 0 Å². The van der Waals surface area contributed by atoms with Crippen LogP contribution in [0.4, 0.5) is 0 Å². The summed E-state index contributed by atoms with van der Waals surface area (Å²) >= 11 is 6.19. The first kappa shape index (κ1) is 16.5. The predicted octanol–water partition coefficient (Wildman–Crippen LogP) is 2.96. The third-order valence-electron chi connectivity index (χ3n) is 4.28. The SMILES string of the molecule is COCCn1ncc(Cl)c1C(=O)C1(OC)CCCC(C)C1. The van der Waals surface area contributed by atoms with E-state index in [-0.39, 0.29) is 5.78 Å². The number of nitrogens with zero attached hydrogens (tertiary/aromatic N) is 2. The fourth-order valence-electron chi connectivity index (χ4n) is 3.14. The van der Waals surface area contributed by atoms with Crippen LogP contribution in [-0.4, -0.2) is 42.0 Å². The molecule has 0 N–H and O–H groups in total. The van der Waals surface area contributed by atoms with Crippen molar-refractivity contribution in [3.8, 4) is 0 Å². The Labute approximate surface area is 130 Å². The van der Waals surface area contributed by atoms with Gasteiger partial charge in [-0.1, -0.05) is 24.9 Å². The Bertz CT molecular complexity index is 503. The van der Waals surface area contributed by atoms with Crippen molar-refractivity contribution in [3.05, 3.63) is 16.9 Å². The molecule has 2 rings (SSSR count). The molecule has 2 atom stereocenters. The van der Waals surface area contributed by atoms with Crippen molar-refractivity contribution in [3.63, 3.8) is 0 Å². The summed E-state index contributed by atoms with van der Waals surface area (Å²) in [5, 5.41) is 4.56. The first-order chi connectivity index (χ1) is 10.0. The van der Waals surface area contributed by atoms with Crippen LogP contribution in [0.3, 0.4) is 0 Å². The molecule has 0 spiro atoms. The molecule has 118 valence electrons. The first-order valence-electron chi connectivity index (χ1n) is 7.34. The average molecular weight is 315 g/mol. The molecule has 1 saturated carbocycles. The van der Waals surface area contributed by atoms with Gasteiger partial charge >= 0.3 is 0 Å². The Kier molecular flexibility index (Phi) is 5.41. The number of methoxy groups -OCH3 is 2. The number of carbonyl (C=O) groups excluding carboxylic acids is 1. The van der Waals surface area contributed by atoms with E-state index in [1.807, 2.05) is 0 Å². The highest BCUT2D eigenvalue weighted by Gasteiger charge is 2.44. The van der Waals surface area contributed by atoms with Crippen LogP contribution in [0, 0.1) is 5.92 Å². The summed E-state index contributed by atoms with van der Waals surface area (Å²) in [6.07, 6.45) is 5.10. The molecule has 1 aliphatic carbocycles. The number of aromatic nitrogens is 2. The fourth-order valence-corrected chi connectivity index (χ4v) is 3.37. The Morgan fingerprint density at radius 3 is 2.95 bits per heavy atom. The maximum atomic E-state index is 13.1. The van der Waals surface area contributed by atoms with E-state index in [1.165, 1.54) is 6.20 Å². The van der Waals surface area contributed by atoms with E-state index in [0.717, 1.165) is 25.7 Å². The Morgan fingerprint density at radius 2 is 2.33 bits per heavy atom. The highest BCUT2D eigenvalue weighted by molar-refractivity contribution is 6.34. The summed E-state index contributed by atoms with van der Waals surface area (Å²) in [5.41, 5.74) is -0.337. The maximum Gasteiger partial charge on any atom is 0.214 e. The van der Waals surface area contributed by atoms with E-state index in [1.54, 1.807) is 18.9 Å². The van der Waals surface area contributed by atoms with Gasteiger partial charge in [-0.15, -0.1) is 0 Å². The van der Waals surface area contributed by atoms with Gasteiger partial charge in [0, 0.05) is 14.2 Å². The summed E-state index contributed by atoms with van der Waals surface area (Å²) in [5.74, 6) is 0.409. The van der Waals surface area contributed by atoms with Gasteiger partial charge in [0.05, 0.1) is 24.4 Å². The molecule has 0 bridgehead atoms. The lowest BCUT2D eigenvalue weighted by molar-refractivity contribution is -0.0310. The van der Waals surface area contributed by atoms with Gasteiger partial charge in [0.25, 0.3) is 0 Å². The van der Waals surface area contributed by atoms with Gasteiger partial charge in [0.2, 0.25) is 5.78 Å². The molecule has 5 nitrogen and oxygen atoms in total. The van der Waals surface area contributed by atoms with Crippen LogP contribution in [0.25, 0.3) is 0 Å². The second-order valence-electron chi connectivity index (χ2n) is 5.79. The molecule has 2 unspecified atom stereocenters. The van der Waals surface area contributed by atoms with E-state index >= 15 is 0 Å². The summed E-state index contributed by atoms with van der Waals surface area (Å²) in [6.45, 7) is 3.14. The smallest absolute Gasteiger partial charge is 0.214 e. The monoisotopic (exact) mass is 314 g/mol. The van der Waals surface area contributed by atoms with E-state index in [0.29, 0.717) is 29.8 Å². The van der Waals surface area contributed by atoms with E-state index in [2.05, 4.69) is 12.0 Å². The van der Waals surface area contributed by atoms with Crippen molar-refractivity contribution < 1.29 is 14.3 Å². The number of rotatable bonds is 6. The third kappa shape index (κ3) is 3.30. The number of Topliss-reactive ketones (excluding diaryl/α,β-unsaturated/α-hetero) is 1. The van der Waals surface area contributed by atoms with Gasteiger partial charge in [-0.05, 0) is 25.2 Å². The Hall–Kier alpha value is -0.910. The summed E-state index contributed by atoms with van der Waals surface area (Å²) < 4.78 is 12.3. The van der Waals surface area contributed by atoms with E-state index in [9.17, 15) is 4.79 Å². The molecule has 1 fully saturated rings. The number of hydrogen-bond donors (Lipinski definition) is 0. The predicted molar refractivity (Wildman–Crippen MR) is 80.8 cm³/mol. The number of ether oxygens (including phenoxy) is 2. The molecule has 1 aromatic rings. The topological polar surface area (TPSA) is 53.4 Å². The van der Waals surface area contributed by atoms with E-state index in [4.69, 9.17) is 21.1 Å². The standard InChI is InChI=1S/C15H23ClN2O3/c1-11-5-4-6-15(9-11,21-3)14(19)13-12(16)10-17-18(13)7-8-20-2/h10-11H,4-9H2,1-3H3. The van der Waals surface area contributed by atoms with Gasteiger partial charge in [-0.25, -0.2) is 0 Å².